The van der Waals surface area contributed by atoms with E-state index >= 15 is 0 Å². The van der Waals surface area contributed by atoms with Gasteiger partial charge >= 0.3 is 0 Å². The number of carbonyl (C=O) groups excluding carboxylic acids is 1. The van der Waals surface area contributed by atoms with E-state index in [1.807, 2.05) is 38.1 Å². The van der Waals surface area contributed by atoms with Crippen LogP contribution < -0.4 is 10.9 Å². The number of nitrogens with one attached hydrogen (secondary N) is 2. The molecule has 5 heteroatoms. The third kappa shape index (κ3) is 3.78. The first kappa shape index (κ1) is 15.0. The van der Waals surface area contributed by atoms with Gasteiger partial charge in [0.2, 0.25) is 5.91 Å². The average Bonchev–Trinajstić information content (AvgIpc) is 2.49. The van der Waals surface area contributed by atoms with Crippen molar-refractivity contribution in [1.29, 1.82) is 0 Å². The van der Waals surface area contributed by atoms with E-state index in [-0.39, 0.29) is 17.4 Å². The van der Waals surface area contributed by atoms with Crippen molar-refractivity contribution in [3.05, 3.63) is 46.8 Å². The topological polar surface area (TPSA) is 74.8 Å². The number of aromatic amines is 1. The lowest BCUT2D eigenvalue weighted by Gasteiger charge is -2.13. The van der Waals surface area contributed by atoms with E-state index in [4.69, 9.17) is 0 Å². The summed E-state index contributed by atoms with van der Waals surface area (Å²) < 4.78 is 0. The summed E-state index contributed by atoms with van der Waals surface area (Å²) in [5.74, 6) is 0.0615. The molecule has 0 bridgehead atoms. The molecule has 1 amide bonds. The highest BCUT2D eigenvalue weighted by Crippen LogP contribution is 2.20. The van der Waals surface area contributed by atoms with Gasteiger partial charge in [0.1, 0.15) is 0 Å². The molecule has 0 aliphatic heterocycles. The molecule has 0 fully saturated rings. The second-order valence-electron chi connectivity index (χ2n) is 4.89. The van der Waals surface area contributed by atoms with Crippen LogP contribution >= 0.6 is 0 Å². The summed E-state index contributed by atoms with van der Waals surface area (Å²) in [4.78, 5) is 23.1. The van der Waals surface area contributed by atoms with Gasteiger partial charge in [0.25, 0.3) is 5.56 Å². The Morgan fingerprint density at radius 3 is 2.62 bits per heavy atom. The van der Waals surface area contributed by atoms with Crippen LogP contribution in [0.5, 0.6) is 0 Å². The number of rotatable bonds is 5. The van der Waals surface area contributed by atoms with Gasteiger partial charge in [-0.05, 0) is 31.0 Å². The maximum absolute atomic E-state index is 12.1. The van der Waals surface area contributed by atoms with Crippen molar-refractivity contribution in [3.8, 4) is 11.3 Å². The summed E-state index contributed by atoms with van der Waals surface area (Å²) in [6.07, 6.45) is 1.65. The smallest absolute Gasteiger partial charge is 0.264 e. The quantitative estimate of drug-likeness (QED) is 0.887. The fourth-order valence-corrected chi connectivity index (χ4v) is 2.17. The summed E-state index contributed by atoms with van der Waals surface area (Å²) >= 11 is 0. The minimum atomic E-state index is -0.239. The summed E-state index contributed by atoms with van der Waals surface area (Å²) in [5.41, 5.74) is 2.00. The third-order valence-corrected chi connectivity index (χ3v) is 3.46. The first-order valence-corrected chi connectivity index (χ1v) is 7.11. The Morgan fingerprint density at radius 2 is 2.00 bits per heavy atom. The Kier molecular flexibility index (Phi) is 4.87. The lowest BCUT2D eigenvalue weighted by Crippen LogP contribution is -2.21. The first-order chi connectivity index (χ1) is 10.1. The Bertz CT molecular complexity index is 655. The van der Waals surface area contributed by atoms with Gasteiger partial charge in [-0.1, -0.05) is 26.0 Å². The number of amides is 1. The van der Waals surface area contributed by atoms with Gasteiger partial charge in [-0.25, -0.2) is 5.10 Å². The number of hydrogen-bond acceptors (Lipinski definition) is 3. The molecule has 5 nitrogen and oxygen atoms in total. The molecule has 110 valence electrons. The summed E-state index contributed by atoms with van der Waals surface area (Å²) in [6, 6.07) is 10.5. The highest BCUT2D eigenvalue weighted by molar-refractivity contribution is 5.93. The van der Waals surface area contributed by atoms with Crippen molar-refractivity contribution in [2.45, 2.75) is 26.7 Å². The molecule has 0 saturated carbocycles. The molecule has 0 aliphatic carbocycles. The Hall–Kier alpha value is -2.43. The predicted octanol–water partition coefficient (Wildman–Crippen LogP) is 2.81. The van der Waals surface area contributed by atoms with E-state index in [9.17, 15) is 9.59 Å². The zero-order valence-electron chi connectivity index (χ0n) is 12.2. The normalized spacial score (nSPS) is 10.6. The summed E-state index contributed by atoms with van der Waals surface area (Å²) in [6.45, 7) is 4.02. The largest absolute Gasteiger partial charge is 0.326 e. The molecule has 1 heterocycles. The minimum absolute atomic E-state index is 0.0276. The van der Waals surface area contributed by atoms with E-state index in [1.165, 1.54) is 6.07 Å². The van der Waals surface area contributed by atoms with E-state index in [2.05, 4.69) is 15.5 Å². The van der Waals surface area contributed by atoms with Crippen LogP contribution in [0, 0.1) is 5.92 Å². The van der Waals surface area contributed by atoms with Crippen molar-refractivity contribution < 1.29 is 4.79 Å². The van der Waals surface area contributed by atoms with Crippen LogP contribution in [0.2, 0.25) is 0 Å². The first-order valence-electron chi connectivity index (χ1n) is 7.11. The van der Waals surface area contributed by atoms with Crippen LogP contribution in [0.1, 0.15) is 26.7 Å². The van der Waals surface area contributed by atoms with Crippen molar-refractivity contribution in [2.24, 2.45) is 5.92 Å². The Balaban J connectivity index is 2.20. The van der Waals surface area contributed by atoms with Crippen molar-refractivity contribution >= 4 is 11.6 Å². The second kappa shape index (κ2) is 6.83. The fourth-order valence-electron chi connectivity index (χ4n) is 2.17. The standard InChI is InChI=1S/C16H19N3O2/c1-3-11(4-2)16(21)17-13-7-5-6-12(10-13)14-8-9-15(20)19-18-14/h5-11H,3-4H2,1-2H3,(H,17,21)(H,19,20). The van der Waals surface area contributed by atoms with Crippen LogP contribution in [-0.2, 0) is 4.79 Å². The number of aromatic nitrogens is 2. The number of H-pyrrole nitrogens is 1. The molecule has 0 saturated heterocycles. The summed E-state index contributed by atoms with van der Waals surface area (Å²) in [5, 5.41) is 9.31. The van der Waals surface area contributed by atoms with Gasteiger partial charge in [-0.2, -0.15) is 5.10 Å². The van der Waals surface area contributed by atoms with Crippen LogP contribution in [-0.4, -0.2) is 16.1 Å². The average molecular weight is 285 g/mol. The highest BCUT2D eigenvalue weighted by Gasteiger charge is 2.14. The van der Waals surface area contributed by atoms with Gasteiger partial charge in [0.15, 0.2) is 0 Å². The maximum atomic E-state index is 12.1. The van der Waals surface area contributed by atoms with Gasteiger partial charge in [0, 0.05) is 23.2 Å². The maximum Gasteiger partial charge on any atom is 0.264 e. The number of anilines is 1. The molecule has 2 aromatic rings. The molecule has 0 unspecified atom stereocenters. The molecular weight excluding hydrogens is 266 g/mol. The van der Waals surface area contributed by atoms with Crippen molar-refractivity contribution in [2.75, 3.05) is 5.32 Å². The molecule has 0 aliphatic rings. The second-order valence-corrected chi connectivity index (χ2v) is 4.89. The molecule has 2 N–H and O–H groups in total. The van der Waals surface area contributed by atoms with Crippen LogP contribution in [0.15, 0.2) is 41.2 Å². The van der Waals surface area contributed by atoms with Gasteiger partial charge in [-0.3, -0.25) is 9.59 Å². The van der Waals surface area contributed by atoms with E-state index in [0.29, 0.717) is 5.69 Å². The summed E-state index contributed by atoms with van der Waals surface area (Å²) in [7, 11) is 0. The van der Waals surface area contributed by atoms with Crippen molar-refractivity contribution in [3.63, 3.8) is 0 Å². The van der Waals surface area contributed by atoms with E-state index < -0.39 is 0 Å². The number of hydrogen-bond donors (Lipinski definition) is 2. The molecule has 21 heavy (non-hydrogen) atoms. The van der Waals surface area contributed by atoms with Gasteiger partial charge in [0.05, 0.1) is 5.69 Å². The van der Waals surface area contributed by atoms with E-state index in [0.717, 1.165) is 24.1 Å². The molecule has 0 atom stereocenters. The van der Waals surface area contributed by atoms with Gasteiger partial charge in [-0.15, -0.1) is 0 Å². The zero-order chi connectivity index (χ0) is 15.2. The van der Waals surface area contributed by atoms with Crippen LogP contribution in [0.4, 0.5) is 5.69 Å². The Morgan fingerprint density at radius 1 is 1.24 bits per heavy atom. The van der Waals surface area contributed by atoms with Gasteiger partial charge < -0.3 is 5.32 Å². The number of benzene rings is 1. The number of nitrogens with zero attached hydrogens (tertiary/aromatic N) is 1. The molecule has 2 rings (SSSR count). The molecule has 0 radical (unpaired) electrons. The zero-order valence-corrected chi connectivity index (χ0v) is 12.2. The van der Waals surface area contributed by atoms with E-state index in [1.54, 1.807) is 6.07 Å². The molecule has 1 aromatic carbocycles. The highest BCUT2D eigenvalue weighted by atomic mass is 16.2. The van der Waals surface area contributed by atoms with Crippen LogP contribution in [0.25, 0.3) is 11.3 Å². The number of carbonyl (C=O) groups is 1. The predicted molar refractivity (Wildman–Crippen MR) is 83.0 cm³/mol. The molecular formula is C16H19N3O2. The minimum Gasteiger partial charge on any atom is -0.326 e. The SMILES string of the molecule is CCC(CC)C(=O)Nc1cccc(-c2ccc(=O)[nH]n2)c1. The third-order valence-electron chi connectivity index (χ3n) is 3.46. The lowest BCUT2D eigenvalue weighted by atomic mass is 10.0. The van der Waals surface area contributed by atoms with Crippen LogP contribution in [0.3, 0.4) is 0 Å². The Labute approximate surface area is 123 Å². The molecule has 1 aromatic heterocycles. The monoisotopic (exact) mass is 285 g/mol. The van der Waals surface area contributed by atoms with Crippen molar-refractivity contribution in [1.82, 2.24) is 10.2 Å². The lowest BCUT2D eigenvalue weighted by molar-refractivity contribution is -0.120. The molecule has 0 spiro atoms. The fraction of sp³-hybridized carbons (Fsp3) is 0.312.